The molecule has 0 aliphatic heterocycles. The molecule has 0 amide bonds. The lowest BCUT2D eigenvalue weighted by molar-refractivity contribution is 0.748. The van der Waals surface area contributed by atoms with Crippen LogP contribution in [-0.2, 0) is 6.54 Å². The molecule has 1 aromatic carbocycles. The van der Waals surface area contributed by atoms with Crippen molar-refractivity contribution in [1.29, 1.82) is 0 Å². The number of nitrogens with zero attached hydrogens (tertiary/aromatic N) is 1. The predicted molar refractivity (Wildman–Crippen MR) is 71.7 cm³/mol. The first-order valence-corrected chi connectivity index (χ1v) is 5.85. The monoisotopic (exact) mass is 267 g/mol. The molecule has 0 bridgehead atoms. The highest BCUT2D eigenvalue weighted by Gasteiger charge is 2.03. The Kier molecular flexibility index (Phi) is 4.07. The molecule has 0 aliphatic carbocycles. The molecule has 0 saturated carbocycles. The van der Waals surface area contributed by atoms with Crippen LogP contribution in [0.15, 0.2) is 41.6 Å². The standard InChI is InChI=1S/C12H11Cl2N3/c13-11-4-1-5-12(14)10(11)8-17-16-7-9-3-2-6-15-9/h1-7,15,17H,8H2/b16-7+. The summed E-state index contributed by atoms with van der Waals surface area (Å²) >= 11 is 12.1. The van der Waals surface area contributed by atoms with Crippen LogP contribution in [0.3, 0.4) is 0 Å². The lowest BCUT2D eigenvalue weighted by Gasteiger charge is -2.05. The Morgan fingerprint density at radius 1 is 1.18 bits per heavy atom. The van der Waals surface area contributed by atoms with Crippen molar-refractivity contribution in [1.82, 2.24) is 10.4 Å². The third-order valence-electron chi connectivity index (χ3n) is 2.23. The minimum atomic E-state index is 0.496. The van der Waals surface area contributed by atoms with Gasteiger partial charge in [0.2, 0.25) is 0 Å². The molecule has 2 aromatic rings. The molecule has 0 spiro atoms. The van der Waals surface area contributed by atoms with Crippen molar-refractivity contribution in [3.05, 3.63) is 57.8 Å². The zero-order chi connectivity index (χ0) is 12.1. The van der Waals surface area contributed by atoms with Crippen molar-refractivity contribution in [3.8, 4) is 0 Å². The van der Waals surface area contributed by atoms with Crippen LogP contribution in [0.2, 0.25) is 10.0 Å². The van der Waals surface area contributed by atoms with Gasteiger partial charge in [0.25, 0.3) is 0 Å². The van der Waals surface area contributed by atoms with Crippen molar-refractivity contribution in [2.45, 2.75) is 6.54 Å². The topological polar surface area (TPSA) is 40.2 Å². The molecule has 17 heavy (non-hydrogen) atoms. The third kappa shape index (κ3) is 3.25. The second-order valence-corrected chi connectivity index (χ2v) is 4.23. The molecule has 0 fully saturated rings. The van der Waals surface area contributed by atoms with Crippen LogP contribution in [0.4, 0.5) is 0 Å². The SMILES string of the molecule is Clc1cccc(Cl)c1CN/N=C/c1ccc[nH]1. The van der Waals surface area contributed by atoms with E-state index >= 15 is 0 Å². The van der Waals surface area contributed by atoms with E-state index in [-0.39, 0.29) is 0 Å². The number of hydrogen-bond donors (Lipinski definition) is 2. The number of rotatable bonds is 4. The third-order valence-corrected chi connectivity index (χ3v) is 2.94. The highest BCUT2D eigenvalue weighted by Crippen LogP contribution is 2.23. The second-order valence-electron chi connectivity index (χ2n) is 3.42. The molecule has 3 nitrogen and oxygen atoms in total. The Balaban J connectivity index is 1.94. The van der Waals surface area contributed by atoms with E-state index in [9.17, 15) is 0 Å². The van der Waals surface area contributed by atoms with Crippen molar-refractivity contribution in [2.75, 3.05) is 0 Å². The van der Waals surface area contributed by atoms with Crippen LogP contribution < -0.4 is 5.43 Å². The van der Waals surface area contributed by atoms with Gasteiger partial charge < -0.3 is 10.4 Å². The van der Waals surface area contributed by atoms with E-state index < -0.39 is 0 Å². The molecule has 2 N–H and O–H groups in total. The van der Waals surface area contributed by atoms with Gasteiger partial charge in [-0.1, -0.05) is 29.3 Å². The van der Waals surface area contributed by atoms with E-state index in [1.54, 1.807) is 18.3 Å². The molecular weight excluding hydrogens is 257 g/mol. The highest BCUT2D eigenvalue weighted by molar-refractivity contribution is 6.35. The Bertz CT molecular complexity index is 486. The first-order valence-electron chi connectivity index (χ1n) is 5.09. The number of benzene rings is 1. The molecule has 0 atom stereocenters. The van der Waals surface area contributed by atoms with Crippen LogP contribution in [0.1, 0.15) is 11.3 Å². The maximum absolute atomic E-state index is 6.03. The number of aromatic amines is 1. The predicted octanol–water partition coefficient (Wildman–Crippen LogP) is 3.45. The Morgan fingerprint density at radius 3 is 2.59 bits per heavy atom. The first-order chi connectivity index (χ1) is 8.27. The van der Waals surface area contributed by atoms with Gasteiger partial charge in [0.15, 0.2) is 0 Å². The number of halogens is 2. The van der Waals surface area contributed by atoms with Crippen LogP contribution in [-0.4, -0.2) is 11.2 Å². The number of nitrogens with one attached hydrogen (secondary N) is 2. The van der Waals surface area contributed by atoms with Crippen molar-refractivity contribution in [2.24, 2.45) is 5.10 Å². The number of hydrogen-bond acceptors (Lipinski definition) is 2. The largest absolute Gasteiger partial charge is 0.360 e. The molecule has 0 saturated heterocycles. The van der Waals surface area contributed by atoms with Crippen molar-refractivity contribution in [3.63, 3.8) is 0 Å². The van der Waals surface area contributed by atoms with E-state index in [0.717, 1.165) is 11.3 Å². The van der Waals surface area contributed by atoms with E-state index in [2.05, 4.69) is 15.5 Å². The average molecular weight is 268 g/mol. The first kappa shape index (κ1) is 12.0. The summed E-state index contributed by atoms with van der Waals surface area (Å²) in [5.41, 5.74) is 4.68. The van der Waals surface area contributed by atoms with Crippen LogP contribution >= 0.6 is 23.2 Å². The molecule has 1 aromatic heterocycles. The molecule has 0 aliphatic rings. The average Bonchev–Trinajstić information content (AvgIpc) is 2.80. The van der Waals surface area contributed by atoms with Gasteiger partial charge >= 0.3 is 0 Å². The van der Waals surface area contributed by atoms with E-state index in [1.165, 1.54) is 0 Å². The Hall–Kier alpha value is -1.45. The second kappa shape index (κ2) is 5.75. The maximum atomic E-state index is 6.03. The fraction of sp³-hybridized carbons (Fsp3) is 0.0833. The summed E-state index contributed by atoms with van der Waals surface area (Å²) in [6.45, 7) is 0.496. The summed E-state index contributed by atoms with van der Waals surface area (Å²) < 4.78 is 0. The van der Waals surface area contributed by atoms with Gasteiger partial charge in [-0.3, -0.25) is 0 Å². The maximum Gasteiger partial charge on any atom is 0.0703 e. The molecule has 2 rings (SSSR count). The van der Waals surface area contributed by atoms with Crippen LogP contribution in [0.25, 0.3) is 0 Å². The summed E-state index contributed by atoms with van der Waals surface area (Å²) in [5, 5.41) is 5.35. The summed E-state index contributed by atoms with van der Waals surface area (Å²) in [4.78, 5) is 3.02. The summed E-state index contributed by atoms with van der Waals surface area (Å²) in [6, 6.07) is 9.26. The fourth-order valence-corrected chi connectivity index (χ4v) is 1.90. The van der Waals surface area contributed by atoms with Gasteiger partial charge in [-0.25, -0.2) is 0 Å². The van der Waals surface area contributed by atoms with E-state index in [0.29, 0.717) is 16.6 Å². The van der Waals surface area contributed by atoms with Crippen molar-refractivity contribution >= 4 is 29.4 Å². The van der Waals surface area contributed by atoms with Gasteiger partial charge in [-0.05, 0) is 24.3 Å². The van der Waals surface area contributed by atoms with E-state index in [4.69, 9.17) is 23.2 Å². The summed E-state index contributed by atoms with van der Waals surface area (Å²) in [5.74, 6) is 0. The van der Waals surface area contributed by atoms with Gasteiger partial charge in [-0.15, -0.1) is 0 Å². The number of hydrazone groups is 1. The summed E-state index contributed by atoms with van der Waals surface area (Å²) in [7, 11) is 0. The Morgan fingerprint density at radius 2 is 1.94 bits per heavy atom. The van der Waals surface area contributed by atoms with Gasteiger partial charge in [0, 0.05) is 21.8 Å². The van der Waals surface area contributed by atoms with Gasteiger partial charge in [0.1, 0.15) is 0 Å². The molecule has 5 heteroatoms. The van der Waals surface area contributed by atoms with Crippen LogP contribution in [0, 0.1) is 0 Å². The van der Waals surface area contributed by atoms with E-state index in [1.807, 2.05) is 24.4 Å². The Labute approximate surface area is 109 Å². The smallest absolute Gasteiger partial charge is 0.0703 e. The molecule has 88 valence electrons. The zero-order valence-corrected chi connectivity index (χ0v) is 10.5. The highest BCUT2D eigenvalue weighted by atomic mass is 35.5. The quantitative estimate of drug-likeness (QED) is 0.647. The van der Waals surface area contributed by atoms with Crippen molar-refractivity contribution < 1.29 is 0 Å². The van der Waals surface area contributed by atoms with Gasteiger partial charge in [0.05, 0.1) is 18.5 Å². The fourth-order valence-electron chi connectivity index (χ4n) is 1.37. The zero-order valence-electron chi connectivity index (χ0n) is 8.95. The minimum Gasteiger partial charge on any atom is -0.360 e. The van der Waals surface area contributed by atoms with Gasteiger partial charge in [-0.2, -0.15) is 5.10 Å². The lowest BCUT2D eigenvalue weighted by atomic mass is 10.2. The molecule has 0 radical (unpaired) electrons. The molecule has 1 heterocycles. The lowest BCUT2D eigenvalue weighted by Crippen LogP contribution is -2.06. The minimum absolute atomic E-state index is 0.496. The normalized spacial score (nSPS) is 10.9. The molecule has 0 unspecified atom stereocenters. The summed E-state index contributed by atoms with van der Waals surface area (Å²) in [6.07, 6.45) is 3.54. The van der Waals surface area contributed by atoms with Crippen LogP contribution in [0.5, 0.6) is 0 Å². The number of H-pyrrole nitrogens is 1. The number of aromatic nitrogens is 1. The molecular formula is C12H11Cl2N3.